The number of hydrogen-bond donors (Lipinski definition) is 2. The predicted octanol–water partition coefficient (Wildman–Crippen LogP) is 2.48. The van der Waals surface area contributed by atoms with E-state index in [0.717, 1.165) is 10.8 Å². The van der Waals surface area contributed by atoms with Crippen LogP contribution in [0.15, 0.2) is 36.4 Å². The zero-order valence-electron chi connectivity index (χ0n) is 16.3. The first kappa shape index (κ1) is 19.6. The number of ether oxygens (including phenoxy) is 1. The summed E-state index contributed by atoms with van der Waals surface area (Å²) in [5.41, 5.74) is 0.383. The Morgan fingerprint density at radius 1 is 1.24 bits per heavy atom. The Morgan fingerprint density at radius 2 is 1.97 bits per heavy atom. The lowest BCUT2D eigenvalue weighted by molar-refractivity contribution is -0.159. The molecule has 0 unspecified atom stereocenters. The molecule has 2 aromatic rings. The van der Waals surface area contributed by atoms with Crippen molar-refractivity contribution in [3.63, 3.8) is 0 Å². The van der Waals surface area contributed by atoms with E-state index in [1.54, 1.807) is 19.9 Å². The van der Waals surface area contributed by atoms with E-state index in [1.165, 1.54) is 16.7 Å². The highest BCUT2D eigenvalue weighted by Gasteiger charge is 2.64. The number of carbonyl (C=O) groups excluding carboxylic acids is 2. The summed E-state index contributed by atoms with van der Waals surface area (Å²) in [4.78, 5) is 38.9. The molecule has 2 heterocycles. The second-order valence-corrected chi connectivity index (χ2v) is 9.41. The van der Waals surface area contributed by atoms with Gasteiger partial charge < -0.3 is 20.1 Å². The minimum absolute atomic E-state index is 0.368. The number of nitrogens with zero attached hydrogens (tertiary/aromatic N) is 1. The standard InChI is InChI=1S/C21H22N2O5S/c1-4-28-13-10-9-11-7-5-6-8-12(11)14(13)17(24)22-15-18(25)23-16(20(26)27)21(2,3)29-19(15)23/h5-10,15-16,19H,4H2,1-3H3,(H,22,24)(H,26,27)/t15-,16-,19-/m0/s1. The molecule has 2 aliphatic rings. The van der Waals surface area contributed by atoms with Gasteiger partial charge in [0.2, 0.25) is 5.91 Å². The Hall–Kier alpha value is -2.74. The number of aliphatic carboxylic acids is 1. The summed E-state index contributed by atoms with van der Waals surface area (Å²) >= 11 is 1.40. The molecular weight excluding hydrogens is 392 g/mol. The summed E-state index contributed by atoms with van der Waals surface area (Å²) in [6.07, 6.45) is 0. The van der Waals surface area contributed by atoms with Crippen LogP contribution in [-0.4, -0.2) is 56.6 Å². The molecule has 0 radical (unpaired) electrons. The van der Waals surface area contributed by atoms with Gasteiger partial charge in [0.25, 0.3) is 5.91 Å². The van der Waals surface area contributed by atoms with E-state index in [1.807, 2.05) is 37.3 Å². The zero-order chi connectivity index (χ0) is 20.9. The van der Waals surface area contributed by atoms with Crippen molar-refractivity contribution < 1.29 is 24.2 Å². The lowest BCUT2D eigenvalue weighted by Gasteiger charge is -2.43. The molecule has 29 heavy (non-hydrogen) atoms. The van der Waals surface area contributed by atoms with Gasteiger partial charge in [-0.15, -0.1) is 11.8 Å². The van der Waals surface area contributed by atoms with Gasteiger partial charge in [-0.1, -0.05) is 30.3 Å². The summed E-state index contributed by atoms with van der Waals surface area (Å²) in [5.74, 6) is -1.35. The second kappa shape index (κ2) is 6.95. The van der Waals surface area contributed by atoms with Crippen LogP contribution in [0.4, 0.5) is 0 Å². The fourth-order valence-electron chi connectivity index (χ4n) is 4.12. The van der Waals surface area contributed by atoms with Crippen LogP contribution in [0, 0.1) is 0 Å². The number of β-lactam (4-membered cyclic amide) rings is 1. The SMILES string of the molecule is CCOc1ccc2ccccc2c1C(=O)N[C@H]1C(=O)N2[C@@H](C(=O)O)C(C)(C)S[C@@H]12. The van der Waals surface area contributed by atoms with Crippen LogP contribution in [0.2, 0.25) is 0 Å². The average Bonchev–Trinajstić information content (AvgIpc) is 2.94. The van der Waals surface area contributed by atoms with Gasteiger partial charge in [0.05, 0.1) is 12.2 Å². The summed E-state index contributed by atoms with van der Waals surface area (Å²) in [6.45, 7) is 5.85. The molecule has 2 N–H and O–H groups in total. The fraction of sp³-hybridized carbons (Fsp3) is 0.381. The number of nitrogens with one attached hydrogen (secondary N) is 1. The molecule has 0 aliphatic carbocycles. The lowest BCUT2D eigenvalue weighted by Crippen LogP contribution is -2.70. The third-order valence-corrected chi connectivity index (χ3v) is 6.95. The molecule has 2 amide bonds. The van der Waals surface area contributed by atoms with E-state index in [0.29, 0.717) is 17.9 Å². The van der Waals surface area contributed by atoms with E-state index < -0.39 is 34.1 Å². The van der Waals surface area contributed by atoms with E-state index in [9.17, 15) is 19.5 Å². The highest BCUT2D eigenvalue weighted by atomic mass is 32.2. The first-order chi connectivity index (χ1) is 13.8. The van der Waals surface area contributed by atoms with Gasteiger partial charge in [-0.25, -0.2) is 4.79 Å². The van der Waals surface area contributed by atoms with E-state index in [-0.39, 0.29) is 5.91 Å². The number of fused-ring (bicyclic) bond motifs is 2. The van der Waals surface area contributed by atoms with Crippen LogP contribution in [0.1, 0.15) is 31.1 Å². The van der Waals surface area contributed by atoms with Crippen molar-refractivity contribution in [2.24, 2.45) is 0 Å². The quantitative estimate of drug-likeness (QED) is 0.730. The Bertz CT molecular complexity index is 1020. The number of amides is 2. The molecule has 8 heteroatoms. The van der Waals surface area contributed by atoms with Crippen LogP contribution in [0.25, 0.3) is 10.8 Å². The Labute approximate surface area is 172 Å². The highest BCUT2D eigenvalue weighted by molar-refractivity contribution is 8.01. The molecule has 2 aromatic carbocycles. The number of thioether (sulfide) groups is 1. The molecule has 0 spiro atoms. The van der Waals surface area contributed by atoms with Crippen molar-refractivity contribution >= 4 is 40.3 Å². The fourth-order valence-corrected chi connectivity index (χ4v) is 5.75. The third kappa shape index (κ3) is 3.02. The van der Waals surface area contributed by atoms with Crippen LogP contribution < -0.4 is 10.1 Å². The van der Waals surface area contributed by atoms with E-state index in [2.05, 4.69) is 5.32 Å². The van der Waals surface area contributed by atoms with E-state index in [4.69, 9.17) is 4.74 Å². The Morgan fingerprint density at radius 3 is 2.66 bits per heavy atom. The minimum Gasteiger partial charge on any atom is -0.493 e. The molecule has 152 valence electrons. The summed E-state index contributed by atoms with van der Waals surface area (Å²) < 4.78 is 5.02. The maximum atomic E-state index is 13.2. The molecule has 2 fully saturated rings. The summed E-state index contributed by atoms with van der Waals surface area (Å²) in [5, 5.41) is 13.6. The Kier molecular flexibility index (Phi) is 4.69. The molecule has 0 aromatic heterocycles. The van der Waals surface area contributed by atoms with Crippen molar-refractivity contribution in [3.05, 3.63) is 42.0 Å². The molecular formula is C21H22N2O5S. The lowest BCUT2D eigenvalue weighted by atomic mass is 9.95. The molecule has 0 saturated carbocycles. The number of hydrogen-bond acceptors (Lipinski definition) is 5. The molecule has 2 saturated heterocycles. The number of carboxylic acid groups (broad SMARTS) is 1. The van der Waals surface area contributed by atoms with Gasteiger partial charge >= 0.3 is 5.97 Å². The van der Waals surface area contributed by atoms with Crippen LogP contribution in [0.3, 0.4) is 0 Å². The van der Waals surface area contributed by atoms with Gasteiger partial charge in [0, 0.05) is 4.75 Å². The smallest absolute Gasteiger partial charge is 0.327 e. The molecule has 2 aliphatic heterocycles. The molecule has 0 bridgehead atoms. The van der Waals surface area contributed by atoms with Crippen molar-refractivity contribution in [1.29, 1.82) is 0 Å². The monoisotopic (exact) mass is 414 g/mol. The van der Waals surface area contributed by atoms with Gasteiger partial charge in [0.15, 0.2) is 0 Å². The van der Waals surface area contributed by atoms with Gasteiger partial charge in [-0.3, -0.25) is 9.59 Å². The second-order valence-electron chi connectivity index (χ2n) is 7.64. The average molecular weight is 414 g/mol. The van der Waals surface area contributed by atoms with Crippen molar-refractivity contribution in [2.75, 3.05) is 6.61 Å². The van der Waals surface area contributed by atoms with Crippen molar-refractivity contribution in [1.82, 2.24) is 10.2 Å². The minimum atomic E-state index is -1.03. The Balaban J connectivity index is 1.64. The number of carbonyl (C=O) groups is 3. The maximum absolute atomic E-state index is 13.2. The summed E-state index contributed by atoms with van der Waals surface area (Å²) in [7, 11) is 0. The molecule has 3 atom stereocenters. The first-order valence-electron chi connectivity index (χ1n) is 9.44. The summed E-state index contributed by atoms with van der Waals surface area (Å²) in [6, 6.07) is 9.46. The maximum Gasteiger partial charge on any atom is 0.327 e. The predicted molar refractivity (Wildman–Crippen MR) is 110 cm³/mol. The molecule has 7 nitrogen and oxygen atoms in total. The van der Waals surface area contributed by atoms with Crippen molar-refractivity contribution in [3.8, 4) is 5.75 Å². The van der Waals surface area contributed by atoms with Gasteiger partial charge in [0.1, 0.15) is 23.2 Å². The van der Waals surface area contributed by atoms with Crippen LogP contribution in [-0.2, 0) is 9.59 Å². The number of benzene rings is 2. The number of rotatable bonds is 5. The topological polar surface area (TPSA) is 95.9 Å². The van der Waals surface area contributed by atoms with E-state index >= 15 is 0 Å². The largest absolute Gasteiger partial charge is 0.493 e. The van der Waals surface area contributed by atoms with Gasteiger partial charge in [-0.05, 0) is 37.6 Å². The normalized spacial score (nSPS) is 24.7. The van der Waals surface area contributed by atoms with Crippen molar-refractivity contribution in [2.45, 2.75) is 43.0 Å². The van der Waals surface area contributed by atoms with Crippen LogP contribution >= 0.6 is 11.8 Å². The van der Waals surface area contributed by atoms with Crippen LogP contribution in [0.5, 0.6) is 5.75 Å². The molecule has 4 rings (SSSR count). The van der Waals surface area contributed by atoms with Gasteiger partial charge in [-0.2, -0.15) is 0 Å². The first-order valence-corrected chi connectivity index (χ1v) is 10.3. The highest BCUT2D eigenvalue weighted by Crippen LogP contribution is 2.50. The zero-order valence-corrected chi connectivity index (χ0v) is 17.2. The number of carboxylic acids is 1. The third-order valence-electron chi connectivity index (χ3n) is 5.38.